The van der Waals surface area contributed by atoms with E-state index in [1.54, 1.807) is 55.6 Å². The fourth-order valence-electron chi connectivity index (χ4n) is 2.92. The first-order chi connectivity index (χ1) is 14.5. The van der Waals surface area contributed by atoms with Crippen molar-refractivity contribution < 1.29 is 14.3 Å². The zero-order valence-electron chi connectivity index (χ0n) is 17.0. The number of ether oxygens (including phenoxy) is 1. The Labute approximate surface area is 176 Å². The topological polar surface area (TPSA) is 79.5 Å². The second-order valence-corrected chi connectivity index (χ2v) is 6.81. The molecule has 0 aliphatic rings. The molecule has 0 radical (unpaired) electrons. The molecule has 1 atom stereocenters. The molecular weight excluding hydrogens is 378 g/mol. The lowest BCUT2D eigenvalue weighted by atomic mass is 10.1. The van der Waals surface area contributed by atoms with Gasteiger partial charge in [0, 0.05) is 16.9 Å². The molecule has 154 valence electrons. The van der Waals surface area contributed by atoms with Crippen LogP contribution >= 0.6 is 0 Å². The van der Waals surface area contributed by atoms with Crippen LogP contribution in [-0.2, 0) is 4.79 Å². The van der Waals surface area contributed by atoms with E-state index in [-0.39, 0.29) is 24.4 Å². The van der Waals surface area contributed by atoms with Crippen molar-refractivity contribution in [2.75, 3.05) is 24.3 Å². The minimum Gasteiger partial charge on any atom is -0.497 e. The quantitative estimate of drug-likeness (QED) is 0.526. The molecule has 3 N–H and O–H groups in total. The third-order valence-electron chi connectivity index (χ3n) is 4.63. The summed E-state index contributed by atoms with van der Waals surface area (Å²) in [4.78, 5) is 24.6. The van der Waals surface area contributed by atoms with E-state index in [1.165, 1.54) is 0 Å². The van der Waals surface area contributed by atoms with Crippen LogP contribution in [0.5, 0.6) is 5.75 Å². The Morgan fingerprint density at radius 1 is 0.867 bits per heavy atom. The lowest BCUT2D eigenvalue weighted by molar-refractivity contribution is -0.120. The molecule has 2 amide bonds. The van der Waals surface area contributed by atoms with Crippen molar-refractivity contribution >= 4 is 23.2 Å². The van der Waals surface area contributed by atoms with Gasteiger partial charge >= 0.3 is 0 Å². The highest BCUT2D eigenvalue weighted by molar-refractivity contribution is 6.04. The molecule has 0 aromatic heterocycles. The summed E-state index contributed by atoms with van der Waals surface area (Å²) in [7, 11) is 1.59. The molecule has 3 rings (SSSR count). The number of anilines is 2. The van der Waals surface area contributed by atoms with Crippen LogP contribution in [-0.4, -0.2) is 25.5 Å². The SMILES string of the molecule is COc1ccc(NC(=O)c2ccc(NCC(=O)N[C@@H](C)c3ccccc3)cc2)cc1. The maximum Gasteiger partial charge on any atom is 0.255 e. The maximum atomic E-state index is 12.4. The highest BCUT2D eigenvalue weighted by atomic mass is 16.5. The number of hydrogen-bond donors (Lipinski definition) is 3. The Balaban J connectivity index is 1.48. The molecule has 6 nitrogen and oxygen atoms in total. The molecule has 0 saturated heterocycles. The van der Waals surface area contributed by atoms with Crippen molar-refractivity contribution in [3.8, 4) is 5.75 Å². The number of nitrogens with one attached hydrogen (secondary N) is 3. The molecule has 0 aliphatic carbocycles. The van der Waals surface area contributed by atoms with Crippen LogP contribution in [0, 0.1) is 0 Å². The second-order valence-electron chi connectivity index (χ2n) is 6.81. The largest absolute Gasteiger partial charge is 0.497 e. The average molecular weight is 403 g/mol. The summed E-state index contributed by atoms with van der Waals surface area (Å²) in [6, 6.07) is 23.8. The van der Waals surface area contributed by atoms with Gasteiger partial charge in [0.15, 0.2) is 0 Å². The van der Waals surface area contributed by atoms with E-state index in [2.05, 4.69) is 16.0 Å². The standard InChI is InChI=1S/C24H25N3O3/c1-17(18-6-4-3-5-7-18)26-23(28)16-25-20-10-8-19(9-11-20)24(29)27-21-12-14-22(30-2)15-13-21/h3-15,17,25H,16H2,1-2H3,(H,26,28)(H,27,29)/t17-/m0/s1. The Bertz CT molecular complexity index is 971. The van der Waals surface area contributed by atoms with Gasteiger partial charge in [0.2, 0.25) is 5.91 Å². The molecule has 0 fully saturated rings. The molecule has 0 saturated carbocycles. The van der Waals surface area contributed by atoms with E-state index in [9.17, 15) is 9.59 Å². The van der Waals surface area contributed by atoms with Crippen molar-refractivity contribution in [2.24, 2.45) is 0 Å². The van der Waals surface area contributed by atoms with Crippen molar-refractivity contribution in [2.45, 2.75) is 13.0 Å². The van der Waals surface area contributed by atoms with Gasteiger partial charge in [-0.05, 0) is 61.0 Å². The highest BCUT2D eigenvalue weighted by Gasteiger charge is 2.10. The van der Waals surface area contributed by atoms with Crippen LogP contribution in [0.2, 0.25) is 0 Å². The van der Waals surface area contributed by atoms with Gasteiger partial charge in [-0.3, -0.25) is 9.59 Å². The molecule has 0 bridgehead atoms. The number of carbonyl (C=O) groups is 2. The van der Waals surface area contributed by atoms with Gasteiger partial charge < -0.3 is 20.7 Å². The van der Waals surface area contributed by atoms with E-state index >= 15 is 0 Å². The van der Waals surface area contributed by atoms with E-state index < -0.39 is 0 Å². The second kappa shape index (κ2) is 10.1. The lowest BCUT2D eigenvalue weighted by Crippen LogP contribution is -2.32. The summed E-state index contributed by atoms with van der Waals surface area (Å²) in [6.45, 7) is 2.10. The third kappa shape index (κ3) is 5.85. The fraction of sp³-hybridized carbons (Fsp3) is 0.167. The minimum atomic E-state index is -0.207. The Morgan fingerprint density at radius 3 is 2.13 bits per heavy atom. The predicted molar refractivity (Wildman–Crippen MR) is 119 cm³/mol. The van der Waals surface area contributed by atoms with Gasteiger partial charge in [0.05, 0.1) is 19.7 Å². The third-order valence-corrected chi connectivity index (χ3v) is 4.63. The number of hydrogen-bond acceptors (Lipinski definition) is 4. The molecule has 3 aromatic carbocycles. The van der Waals surface area contributed by atoms with E-state index in [0.717, 1.165) is 17.0 Å². The van der Waals surface area contributed by atoms with Crippen LogP contribution in [0.15, 0.2) is 78.9 Å². The van der Waals surface area contributed by atoms with E-state index in [0.29, 0.717) is 11.3 Å². The van der Waals surface area contributed by atoms with Crippen LogP contribution in [0.1, 0.15) is 28.9 Å². The first-order valence-electron chi connectivity index (χ1n) is 9.69. The highest BCUT2D eigenvalue weighted by Crippen LogP contribution is 2.17. The molecule has 0 unspecified atom stereocenters. The van der Waals surface area contributed by atoms with Crippen LogP contribution < -0.4 is 20.7 Å². The summed E-state index contributed by atoms with van der Waals surface area (Å²) in [5.41, 5.74) is 3.03. The van der Waals surface area contributed by atoms with Gasteiger partial charge in [-0.25, -0.2) is 0 Å². The smallest absolute Gasteiger partial charge is 0.255 e. The zero-order chi connectivity index (χ0) is 21.3. The summed E-state index contributed by atoms with van der Waals surface area (Å²) in [5.74, 6) is 0.416. The lowest BCUT2D eigenvalue weighted by Gasteiger charge is -2.15. The van der Waals surface area contributed by atoms with E-state index in [4.69, 9.17) is 4.74 Å². The van der Waals surface area contributed by atoms with Crippen molar-refractivity contribution in [3.63, 3.8) is 0 Å². The van der Waals surface area contributed by atoms with Gasteiger partial charge in [-0.1, -0.05) is 30.3 Å². The first kappa shape index (κ1) is 20.9. The van der Waals surface area contributed by atoms with Crippen LogP contribution in [0.3, 0.4) is 0 Å². The van der Waals surface area contributed by atoms with Gasteiger partial charge in [0.1, 0.15) is 5.75 Å². The van der Waals surface area contributed by atoms with E-state index in [1.807, 2.05) is 37.3 Å². The monoisotopic (exact) mass is 403 g/mol. The molecular formula is C24H25N3O3. The molecule has 0 spiro atoms. The average Bonchev–Trinajstić information content (AvgIpc) is 2.79. The van der Waals surface area contributed by atoms with Gasteiger partial charge in [0.25, 0.3) is 5.91 Å². The maximum absolute atomic E-state index is 12.4. The number of amides is 2. The molecule has 30 heavy (non-hydrogen) atoms. The summed E-state index contributed by atoms with van der Waals surface area (Å²) >= 11 is 0. The summed E-state index contributed by atoms with van der Waals surface area (Å²) in [5, 5.41) is 8.87. The zero-order valence-corrected chi connectivity index (χ0v) is 17.0. The van der Waals surface area contributed by atoms with Crippen LogP contribution in [0.25, 0.3) is 0 Å². The molecule has 6 heteroatoms. The normalized spacial score (nSPS) is 11.3. The van der Waals surface area contributed by atoms with Gasteiger partial charge in [-0.2, -0.15) is 0 Å². The number of carbonyl (C=O) groups excluding carboxylic acids is 2. The Hall–Kier alpha value is -3.80. The summed E-state index contributed by atoms with van der Waals surface area (Å²) < 4.78 is 5.11. The molecule has 0 aliphatic heterocycles. The first-order valence-corrected chi connectivity index (χ1v) is 9.69. The Kier molecular flexibility index (Phi) is 7.05. The number of rotatable bonds is 8. The predicted octanol–water partition coefficient (Wildman–Crippen LogP) is 4.24. The fourth-order valence-corrected chi connectivity index (χ4v) is 2.92. The summed E-state index contributed by atoms with van der Waals surface area (Å²) in [6.07, 6.45) is 0. The van der Waals surface area contributed by atoms with Crippen molar-refractivity contribution in [3.05, 3.63) is 90.0 Å². The van der Waals surface area contributed by atoms with Crippen LogP contribution in [0.4, 0.5) is 11.4 Å². The van der Waals surface area contributed by atoms with Crippen molar-refractivity contribution in [1.82, 2.24) is 5.32 Å². The molecule has 3 aromatic rings. The van der Waals surface area contributed by atoms with Crippen molar-refractivity contribution in [1.29, 1.82) is 0 Å². The minimum absolute atomic E-state index is 0.0653. The number of benzene rings is 3. The van der Waals surface area contributed by atoms with Gasteiger partial charge in [-0.15, -0.1) is 0 Å². The number of methoxy groups -OCH3 is 1. The molecule has 0 heterocycles. The Morgan fingerprint density at radius 2 is 1.50 bits per heavy atom.